The van der Waals surface area contributed by atoms with E-state index in [2.05, 4.69) is 86.9 Å². The summed E-state index contributed by atoms with van der Waals surface area (Å²) in [7, 11) is 2.19. The van der Waals surface area contributed by atoms with Gasteiger partial charge in [-0.1, -0.05) is 6.42 Å². The first-order valence-corrected chi connectivity index (χ1v) is 15.9. The molecular formula is C31H67N5O2. The highest BCUT2D eigenvalue weighted by molar-refractivity contribution is 4.76. The number of rotatable bonds is 4. The Bertz CT molecular complexity index is 518. The average molecular weight is 542 g/mol. The number of β-amino-alcohol motifs (C(OH)–C–C–N with tert-alkyl or cyclic N) is 1. The normalized spacial score (nSPS) is 25.2. The van der Waals surface area contributed by atoms with Gasteiger partial charge < -0.3 is 24.9 Å². The molecule has 0 spiro atoms. The van der Waals surface area contributed by atoms with Crippen LogP contribution in [-0.4, -0.2) is 144 Å². The molecule has 1 unspecified atom stereocenters. The Balaban J connectivity index is 0.000000254. The van der Waals surface area contributed by atoms with E-state index in [1.165, 1.54) is 58.5 Å². The number of nitrogens with zero attached hydrogens (tertiary/aromatic N) is 5. The second-order valence-electron chi connectivity index (χ2n) is 13.0. The summed E-state index contributed by atoms with van der Waals surface area (Å²) in [5.41, 5.74) is 0. The first-order chi connectivity index (χ1) is 17.9. The molecule has 38 heavy (non-hydrogen) atoms. The smallest absolute Gasteiger partial charge is 0.0679 e. The fraction of sp³-hybridized carbons (Fsp3) is 1.00. The molecule has 0 radical (unpaired) electrons. The summed E-state index contributed by atoms with van der Waals surface area (Å²) in [5, 5.41) is 18.3. The third-order valence-electron chi connectivity index (χ3n) is 8.54. The van der Waals surface area contributed by atoms with Gasteiger partial charge in [-0.2, -0.15) is 0 Å². The van der Waals surface area contributed by atoms with Crippen molar-refractivity contribution < 1.29 is 10.2 Å². The molecule has 4 fully saturated rings. The summed E-state index contributed by atoms with van der Waals surface area (Å²) >= 11 is 0. The Morgan fingerprint density at radius 2 is 0.816 bits per heavy atom. The molecule has 4 aliphatic rings. The number of hydrogen-bond donors (Lipinski definition) is 2. The predicted molar refractivity (Wildman–Crippen MR) is 164 cm³/mol. The van der Waals surface area contributed by atoms with Crippen molar-refractivity contribution in [3.05, 3.63) is 0 Å². The standard InChI is InChI=1S/C8H18N2.C8H17NO.C8H17N.C7H15NO/c1-8(2)10-6-4-9(3)5-7-10;1-7(2)9-5-3-8(10)4-6-9;1-8(2)9-6-4-3-5-7-9;1-6(2)8-4-3-7(9)5-8/h8H,4-7H2,1-3H3;7-8,10H,3-6H2,1-2H3;8H,3-7H2,1-2H3;6-7,9H,3-5H2,1-2H3. The third-order valence-corrected chi connectivity index (χ3v) is 8.54. The molecule has 7 heteroatoms. The summed E-state index contributed by atoms with van der Waals surface area (Å²) in [4.78, 5) is 12.2. The van der Waals surface area contributed by atoms with Crippen LogP contribution in [0.3, 0.4) is 0 Å². The van der Waals surface area contributed by atoms with Crippen LogP contribution < -0.4 is 0 Å². The summed E-state index contributed by atoms with van der Waals surface area (Å²) < 4.78 is 0. The fourth-order valence-electron chi connectivity index (χ4n) is 5.41. The van der Waals surface area contributed by atoms with E-state index in [0.717, 1.165) is 57.5 Å². The maximum Gasteiger partial charge on any atom is 0.0679 e. The molecule has 4 aliphatic heterocycles. The molecule has 4 heterocycles. The second kappa shape index (κ2) is 19.7. The van der Waals surface area contributed by atoms with Gasteiger partial charge in [0, 0.05) is 76.5 Å². The molecule has 0 saturated carbocycles. The Labute approximate surface area is 237 Å². The van der Waals surface area contributed by atoms with E-state index in [1.54, 1.807) is 0 Å². The van der Waals surface area contributed by atoms with Gasteiger partial charge in [-0.3, -0.25) is 9.80 Å². The minimum Gasteiger partial charge on any atom is -0.393 e. The highest BCUT2D eigenvalue weighted by Crippen LogP contribution is 2.13. The van der Waals surface area contributed by atoms with Crippen molar-refractivity contribution in [1.29, 1.82) is 0 Å². The molecular weight excluding hydrogens is 474 g/mol. The van der Waals surface area contributed by atoms with Crippen molar-refractivity contribution in [3.8, 4) is 0 Å². The van der Waals surface area contributed by atoms with Gasteiger partial charge >= 0.3 is 0 Å². The lowest BCUT2D eigenvalue weighted by Gasteiger charge is -2.34. The molecule has 0 aromatic carbocycles. The van der Waals surface area contributed by atoms with Crippen LogP contribution in [0.15, 0.2) is 0 Å². The molecule has 1 atom stereocenters. The minimum atomic E-state index is -0.0626. The molecule has 7 nitrogen and oxygen atoms in total. The number of likely N-dealkylation sites (N-methyl/N-ethyl adjacent to an activating group) is 1. The molecule has 0 aliphatic carbocycles. The van der Waals surface area contributed by atoms with Gasteiger partial charge in [0.2, 0.25) is 0 Å². The van der Waals surface area contributed by atoms with Crippen molar-refractivity contribution in [2.45, 2.75) is 130 Å². The van der Waals surface area contributed by atoms with Crippen LogP contribution in [0.1, 0.15) is 93.9 Å². The van der Waals surface area contributed by atoms with Gasteiger partial charge in [0.1, 0.15) is 0 Å². The SMILES string of the molecule is CC(C)N1CCC(O)C1.CC(C)N1CCC(O)CC1.CC(C)N1CCCCC1.CC(C)N1CCN(C)CC1. The molecule has 228 valence electrons. The Hall–Kier alpha value is -0.280. The maximum absolute atomic E-state index is 9.18. The van der Waals surface area contributed by atoms with E-state index in [4.69, 9.17) is 5.11 Å². The molecule has 0 aromatic rings. The van der Waals surface area contributed by atoms with Crippen LogP contribution in [0.25, 0.3) is 0 Å². The van der Waals surface area contributed by atoms with Crippen molar-refractivity contribution in [3.63, 3.8) is 0 Å². The highest BCUT2D eigenvalue weighted by atomic mass is 16.3. The summed E-state index contributed by atoms with van der Waals surface area (Å²) in [6.45, 7) is 29.5. The van der Waals surface area contributed by atoms with Gasteiger partial charge in [0.25, 0.3) is 0 Å². The van der Waals surface area contributed by atoms with Crippen molar-refractivity contribution in [2.75, 3.05) is 72.5 Å². The Kier molecular flexibility index (Phi) is 18.6. The predicted octanol–water partition coefficient (Wildman–Crippen LogP) is 3.84. The molecule has 4 rings (SSSR count). The fourth-order valence-corrected chi connectivity index (χ4v) is 5.41. The molecule has 0 bridgehead atoms. The van der Waals surface area contributed by atoms with E-state index in [-0.39, 0.29) is 12.2 Å². The number of piperazine rings is 1. The number of aliphatic hydroxyl groups excluding tert-OH is 2. The number of hydrogen-bond acceptors (Lipinski definition) is 7. The quantitative estimate of drug-likeness (QED) is 0.561. The second-order valence-corrected chi connectivity index (χ2v) is 13.0. The lowest BCUT2D eigenvalue weighted by Crippen LogP contribution is -2.47. The molecule has 4 saturated heterocycles. The summed E-state index contributed by atoms with van der Waals surface area (Å²) in [5.74, 6) is 0. The maximum atomic E-state index is 9.18. The van der Waals surface area contributed by atoms with E-state index >= 15 is 0 Å². The van der Waals surface area contributed by atoms with E-state index in [1.807, 2.05) is 0 Å². The van der Waals surface area contributed by atoms with Crippen LogP contribution in [0.4, 0.5) is 0 Å². The number of likely N-dealkylation sites (tertiary alicyclic amines) is 3. The van der Waals surface area contributed by atoms with Crippen LogP contribution >= 0.6 is 0 Å². The minimum absolute atomic E-state index is 0.0324. The van der Waals surface area contributed by atoms with E-state index in [9.17, 15) is 5.11 Å². The largest absolute Gasteiger partial charge is 0.393 e. The van der Waals surface area contributed by atoms with E-state index < -0.39 is 0 Å². The topological polar surface area (TPSA) is 56.7 Å². The van der Waals surface area contributed by atoms with Crippen LogP contribution in [0.2, 0.25) is 0 Å². The van der Waals surface area contributed by atoms with Crippen molar-refractivity contribution >= 4 is 0 Å². The van der Waals surface area contributed by atoms with E-state index in [0.29, 0.717) is 12.1 Å². The number of piperidine rings is 2. The van der Waals surface area contributed by atoms with Gasteiger partial charge in [0.15, 0.2) is 0 Å². The molecule has 0 amide bonds. The van der Waals surface area contributed by atoms with Crippen LogP contribution in [0.5, 0.6) is 0 Å². The summed E-state index contributed by atoms with van der Waals surface area (Å²) in [6, 6.07) is 2.74. The van der Waals surface area contributed by atoms with Crippen molar-refractivity contribution in [1.82, 2.24) is 24.5 Å². The number of aliphatic hydroxyl groups is 2. The van der Waals surface area contributed by atoms with Gasteiger partial charge in [0.05, 0.1) is 12.2 Å². The average Bonchev–Trinajstić information content (AvgIpc) is 3.33. The first-order valence-electron chi connectivity index (χ1n) is 15.9. The zero-order valence-electron chi connectivity index (χ0n) is 26.9. The Morgan fingerprint density at radius 1 is 0.447 bits per heavy atom. The molecule has 2 N–H and O–H groups in total. The summed E-state index contributed by atoms with van der Waals surface area (Å²) in [6.07, 6.45) is 7.05. The lowest BCUT2D eigenvalue weighted by atomic mass is 10.1. The highest BCUT2D eigenvalue weighted by Gasteiger charge is 2.21. The monoisotopic (exact) mass is 542 g/mol. The van der Waals surface area contributed by atoms with Crippen LogP contribution in [0, 0.1) is 0 Å². The van der Waals surface area contributed by atoms with Gasteiger partial charge in [-0.25, -0.2) is 0 Å². The van der Waals surface area contributed by atoms with Crippen LogP contribution in [-0.2, 0) is 0 Å². The molecule has 0 aromatic heterocycles. The zero-order valence-corrected chi connectivity index (χ0v) is 26.9. The lowest BCUT2D eigenvalue weighted by molar-refractivity contribution is 0.0685. The first kappa shape index (κ1) is 35.7. The third kappa shape index (κ3) is 15.5. The zero-order chi connectivity index (χ0) is 28.7. The van der Waals surface area contributed by atoms with Gasteiger partial charge in [-0.15, -0.1) is 0 Å². The van der Waals surface area contributed by atoms with Gasteiger partial charge in [-0.05, 0) is 108 Å². The Morgan fingerprint density at radius 3 is 1.16 bits per heavy atom. The van der Waals surface area contributed by atoms with Crippen molar-refractivity contribution in [2.24, 2.45) is 0 Å².